The third-order valence-electron chi connectivity index (χ3n) is 1.69. The number of carbonyl (C=O) groups excluding carboxylic acids is 2. The number of carbonyl (C=O) groups is 2. The molecule has 13 heavy (non-hydrogen) atoms. The number of esters is 1. The zero-order valence-corrected chi connectivity index (χ0v) is 8.33. The van der Waals surface area contributed by atoms with Crippen molar-refractivity contribution in [1.29, 1.82) is 0 Å². The average Bonchev–Trinajstić information content (AvgIpc) is 2.13. The molecule has 4 heteroatoms. The molecule has 4 nitrogen and oxygen atoms in total. The van der Waals surface area contributed by atoms with Crippen LogP contribution in [0.3, 0.4) is 0 Å². The van der Waals surface area contributed by atoms with E-state index >= 15 is 0 Å². The monoisotopic (exact) mass is 188 g/mol. The van der Waals surface area contributed by atoms with Gasteiger partial charge in [0.05, 0.1) is 13.0 Å². The van der Waals surface area contributed by atoms with Crippen LogP contribution in [0.15, 0.2) is 0 Å². The van der Waals surface area contributed by atoms with Crippen LogP contribution in [0.2, 0.25) is 0 Å². The summed E-state index contributed by atoms with van der Waals surface area (Å²) in [6, 6.07) is 0. The number of hydrogen-bond acceptors (Lipinski definition) is 4. The molecule has 0 aliphatic rings. The lowest BCUT2D eigenvalue weighted by molar-refractivity contribution is -0.145. The Morgan fingerprint density at radius 2 is 1.92 bits per heavy atom. The van der Waals surface area contributed by atoms with Crippen LogP contribution >= 0.6 is 0 Å². The fraction of sp³-hybridized carbons (Fsp3) is 0.778. The van der Waals surface area contributed by atoms with Crippen molar-refractivity contribution in [3.8, 4) is 0 Å². The predicted molar refractivity (Wildman–Crippen MR) is 47.3 cm³/mol. The summed E-state index contributed by atoms with van der Waals surface area (Å²) in [5.74, 6) is -0.408. The highest BCUT2D eigenvalue weighted by Gasteiger charge is 2.13. The molecule has 0 amide bonds. The highest BCUT2D eigenvalue weighted by Crippen LogP contribution is 2.00. The van der Waals surface area contributed by atoms with Crippen LogP contribution in [0.5, 0.6) is 0 Å². The van der Waals surface area contributed by atoms with E-state index in [9.17, 15) is 9.59 Å². The van der Waals surface area contributed by atoms with E-state index in [1.807, 2.05) is 0 Å². The first-order chi connectivity index (χ1) is 6.11. The maximum atomic E-state index is 11.1. The Morgan fingerprint density at radius 3 is 2.38 bits per heavy atom. The highest BCUT2D eigenvalue weighted by molar-refractivity contribution is 5.86. The molecule has 0 fully saturated rings. The zero-order chi connectivity index (χ0) is 10.3. The molecule has 0 saturated heterocycles. The van der Waals surface area contributed by atoms with E-state index in [0.29, 0.717) is 6.61 Å². The first kappa shape index (κ1) is 12.1. The van der Waals surface area contributed by atoms with E-state index in [2.05, 4.69) is 4.74 Å². The number of hydrogen-bond donors (Lipinski definition) is 0. The quantitative estimate of drug-likeness (QED) is 0.582. The molecule has 1 atom stereocenters. The van der Waals surface area contributed by atoms with E-state index in [1.165, 1.54) is 7.11 Å². The van der Waals surface area contributed by atoms with Gasteiger partial charge in [-0.25, -0.2) is 0 Å². The molecule has 0 aromatic heterocycles. The van der Waals surface area contributed by atoms with Gasteiger partial charge in [-0.15, -0.1) is 0 Å². The van der Waals surface area contributed by atoms with Crippen LogP contribution in [0.4, 0.5) is 0 Å². The summed E-state index contributed by atoms with van der Waals surface area (Å²) < 4.78 is 9.48. The van der Waals surface area contributed by atoms with Gasteiger partial charge in [0.2, 0.25) is 0 Å². The second-order valence-corrected chi connectivity index (χ2v) is 2.65. The summed E-state index contributed by atoms with van der Waals surface area (Å²) in [4.78, 5) is 22.0. The standard InChI is InChI=1S/C9H16O4/c1-4-13-9(11)6-5-8(10)7(2)12-3/h7H,4-6H2,1-3H3. The predicted octanol–water partition coefficient (Wildman–Crippen LogP) is 0.934. The Bertz CT molecular complexity index is 176. The molecular weight excluding hydrogens is 172 g/mol. The third-order valence-corrected chi connectivity index (χ3v) is 1.69. The van der Waals surface area contributed by atoms with Crippen molar-refractivity contribution < 1.29 is 19.1 Å². The van der Waals surface area contributed by atoms with Gasteiger partial charge in [-0.3, -0.25) is 9.59 Å². The van der Waals surface area contributed by atoms with Crippen LogP contribution in [-0.2, 0) is 19.1 Å². The Morgan fingerprint density at radius 1 is 1.31 bits per heavy atom. The molecule has 0 aromatic carbocycles. The molecule has 0 radical (unpaired) electrons. The molecule has 0 rings (SSSR count). The number of Topliss-reactive ketones (excluding diaryl/α,β-unsaturated/α-hetero) is 1. The molecule has 0 saturated carbocycles. The van der Waals surface area contributed by atoms with Gasteiger partial charge in [0.15, 0.2) is 5.78 Å². The fourth-order valence-corrected chi connectivity index (χ4v) is 0.793. The molecule has 0 bridgehead atoms. The van der Waals surface area contributed by atoms with E-state index in [4.69, 9.17) is 4.74 Å². The Hall–Kier alpha value is -0.900. The summed E-state index contributed by atoms with van der Waals surface area (Å²) in [5, 5.41) is 0. The molecule has 0 heterocycles. The third kappa shape index (κ3) is 5.36. The van der Waals surface area contributed by atoms with Gasteiger partial charge in [-0.1, -0.05) is 0 Å². The molecule has 0 aliphatic heterocycles. The number of ether oxygens (including phenoxy) is 2. The molecule has 0 aliphatic carbocycles. The minimum Gasteiger partial charge on any atom is -0.466 e. The van der Waals surface area contributed by atoms with Gasteiger partial charge in [0.25, 0.3) is 0 Å². The van der Waals surface area contributed by atoms with Gasteiger partial charge in [0, 0.05) is 13.5 Å². The van der Waals surface area contributed by atoms with Crippen molar-refractivity contribution in [1.82, 2.24) is 0 Å². The molecule has 0 N–H and O–H groups in total. The second kappa shape index (κ2) is 6.60. The molecule has 0 aromatic rings. The molecule has 0 spiro atoms. The summed E-state index contributed by atoms with van der Waals surface area (Å²) in [5.41, 5.74) is 0. The number of rotatable bonds is 6. The maximum Gasteiger partial charge on any atom is 0.306 e. The second-order valence-electron chi connectivity index (χ2n) is 2.65. The molecule has 76 valence electrons. The van der Waals surface area contributed by atoms with Crippen molar-refractivity contribution in [2.24, 2.45) is 0 Å². The van der Waals surface area contributed by atoms with Gasteiger partial charge in [-0.05, 0) is 13.8 Å². The number of methoxy groups -OCH3 is 1. The van der Waals surface area contributed by atoms with Crippen molar-refractivity contribution in [2.75, 3.05) is 13.7 Å². The van der Waals surface area contributed by atoms with Gasteiger partial charge < -0.3 is 9.47 Å². The van der Waals surface area contributed by atoms with E-state index in [-0.39, 0.29) is 24.6 Å². The smallest absolute Gasteiger partial charge is 0.306 e. The van der Waals surface area contributed by atoms with Crippen LogP contribution in [0, 0.1) is 0 Å². The number of ketones is 1. The molecular formula is C9H16O4. The average molecular weight is 188 g/mol. The maximum absolute atomic E-state index is 11.1. The van der Waals surface area contributed by atoms with Gasteiger partial charge >= 0.3 is 5.97 Å². The lowest BCUT2D eigenvalue weighted by atomic mass is 10.1. The first-order valence-electron chi connectivity index (χ1n) is 4.33. The SMILES string of the molecule is CCOC(=O)CCC(=O)C(C)OC. The summed E-state index contributed by atoms with van der Waals surface area (Å²) in [6.07, 6.45) is -0.108. The minimum atomic E-state index is -0.436. The lowest BCUT2D eigenvalue weighted by Gasteiger charge is -2.07. The van der Waals surface area contributed by atoms with E-state index in [1.54, 1.807) is 13.8 Å². The Balaban J connectivity index is 3.63. The van der Waals surface area contributed by atoms with Crippen LogP contribution in [0.1, 0.15) is 26.7 Å². The summed E-state index contributed by atoms with van der Waals surface area (Å²) in [6.45, 7) is 3.75. The van der Waals surface area contributed by atoms with E-state index < -0.39 is 6.10 Å². The van der Waals surface area contributed by atoms with Gasteiger partial charge in [0.1, 0.15) is 6.10 Å². The largest absolute Gasteiger partial charge is 0.466 e. The highest BCUT2D eigenvalue weighted by atomic mass is 16.5. The van der Waals surface area contributed by atoms with Crippen LogP contribution in [-0.4, -0.2) is 31.6 Å². The van der Waals surface area contributed by atoms with Crippen molar-refractivity contribution in [2.45, 2.75) is 32.8 Å². The fourth-order valence-electron chi connectivity index (χ4n) is 0.793. The summed E-state index contributed by atoms with van der Waals surface area (Å²) in [7, 11) is 1.47. The Labute approximate surface area is 78.2 Å². The normalized spacial score (nSPS) is 12.2. The minimum absolute atomic E-state index is 0.0736. The zero-order valence-electron chi connectivity index (χ0n) is 8.33. The van der Waals surface area contributed by atoms with Crippen molar-refractivity contribution in [3.05, 3.63) is 0 Å². The van der Waals surface area contributed by atoms with Crippen molar-refractivity contribution >= 4 is 11.8 Å². The van der Waals surface area contributed by atoms with Crippen molar-refractivity contribution in [3.63, 3.8) is 0 Å². The topological polar surface area (TPSA) is 52.6 Å². The van der Waals surface area contributed by atoms with E-state index in [0.717, 1.165) is 0 Å². The van der Waals surface area contributed by atoms with Crippen LogP contribution < -0.4 is 0 Å². The Kier molecular flexibility index (Phi) is 6.14. The first-order valence-corrected chi connectivity index (χ1v) is 4.33. The lowest BCUT2D eigenvalue weighted by Crippen LogP contribution is -2.20. The summed E-state index contributed by atoms with van der Waals surface area (Å²) >= 11 is 0. The molecule has 1 unspecified atom stereocenters. The van der Waals surface area contributed by atoms with Gasteiger partial charge in [-0.2, -0.15) is 0 Å². The van der Waals surface area contributed by atoms with Crippen LogP contribution in [0.25, 0.3) is 0 Å².